The second kappa shape index (κ2) is 5.01. The molecule has 18 heavy (non-hydrogen) atoms. The Morgan fingerprint density at radius 1 is 1.39 bits per heavy atom. The molecular formula is C11H8BrN3O3. The first-order chi connectivity index (χ1) is 8.59. The van der Waals surface area contributed by atoms with E-state index in [1.54, 1.807) is 18.2 Å². The number of nitrogens with one attached hydrogen (secondary N) is 1. The third-order valence-corrected chi connectivity index (χ3v) is 2.82. The number of aromatic amines is 1. The van der Waals surface area contributed by atoms with Crippen LogP contribution in [0.3, 0.4) is 0 Å². The van der Waals surface area contributed by atoms with Crippen molar-refractivity contribution >= 4 is 21.8 Å². The molecule has 0 radical (unpaired) electrons. The van der Waals surface area contributed by atoms with Gasteiger partial charge < -0.3 is 15.5 Å². The van der Waals surface area contributed by atoms with Gasteiger partial charge in [0.2, 0.25) is 5.88 Å². The minimum Gasteiger partial charge on any atom is -0.437 e. The molecule has 0 fully saturated rings. The highest BCUT2D eigenvalue weighted by molar-refractivity contribution is 9.10. The first kappa shape index (κ1) is 12.3. The number of carbonyl (C=O) groups excluding carboxylic acids is 1. The van der Waals surface area contributed by atoms with E-state index in [0.29, 0.717) is 0 Å². The predicted octanol–water partition coefficient (Wildman–Crippen LogP) is 1.42. The number of benzene rings is 1. The Hall–Kier alpha value is -2.15. The van der Waals surface area contributed by atoms with Gasteiger partial charge >= 0.3 is 0 Å². The van der Waals surface area contributed by atoms with Crippen molar-refractivity contribution in [3.05, 3.63) is 51.0 Å². The van der Waals surface area contributed by atoms with E-state index in [2.05, 4.69) is 25.9 Å². The Morgan fingerprint density at radius 2 is 2.11 bits per heavy atom. The van der Waals surface area contributed by atoms with Crippen LogP contribution in [-0.2, 0) is 0 Å². The van der Waals surface area contributed by atoms with Gasteiger partial charge in [0.25, 0.3) is 11.5 Å². The van der Waals surface area contributed by atoms with Gasteiger partial charge in [-0.3, -0.25) is 9.59 Å². The lowest BCUT2D eigenvalue weighted by Gasteiger charge is -2.08. The number of para-hydroxylation sites is 1. The summed E-state index contributed by atoms with van der Waals surface area (Å²) in [5.41, 5.74) is 5.05. The third kappa shape index (κ3) is 2.40. The minimum absolute atomic E-state index is 0.0625. The van der Waals surface area contributed by atoms with E-state index in [9.17, 15) is 9.59 Å². The second-order valence-electron chi connectivity index (χ2n) is 3.31. The van der Waals surface area contributed by atoms with E-state index in [-0.39, 0.29) is 27.2 Å². The molecule has 1 aromatic carbocycles. The summed E-state index contributed by atoms with van der Waals surface area (Å²) < 4.78 is 5.55. The van der Waals surface area contributed by atoms with Crippen LogP contribution in [0, 0.1) is 0 Å². The Balaban J connectivity index is 2.43. The van der Waals surface area contributed by atoms with E-state index in [0.717, 1.165) is 0 Å². The Bertz CT molecular complexity index is 654. The van der Waals surface area contributed by atoms with Crippen LogP contribution in [0.1, 0.15) is 10.4 Å². The van der Waals surface area contributed by atoms with Crippen LogP contribution >= 0.6 is 15.9 Å². The molecule has 0 saturated heterocycles. The van der Waals surface area contributed by atoms with Crippen molar-refractivity contribution in [2.75, 3.05) is 0 Å². The minimum atomic E-state index is -0.619. The summed E-state index contributed by atoms with van der Waals surface area (Å²) in [6.45, 7) is 0. The number of hydrogen-bond donors (Lipinski definition) is 2. The number of nitrogens with two attached hydrogens (primary N) is 1. The van der Waals surface area contributed by atoms with Crippen LogP contribution < -0.4 is 16.0 Å². The molecule has 0 atom stereocenters. The van der Waals surface area contributed by atoms with E-state index < -0.39 is 5.91 Å². The highest BCUT2D eigenvalue weighted by atomic mass is 79.9. The van der Waals surface area contributed by atoms with Crippen molar-refractivity contribution in [2.24, 2.45) is 5.73 Å². The fourth-order valence-electron chi connectivity index (χ4n) is 1.30. The van der Waals surface area contributed by atoms with Gasteiger partial charge in [0.05, 0.1) is 11.9 Å². The molecule has 92 valence electrons. The fourth-order valence-corrected chi connectivity index (χ4v) is 1.60. The van der Waals surface area contributed by atoms with Gasteiger partial charge in [0, 0.05) is 0 Å². The summed E-state index contributed by atoms with van der Waals surface area (Å²) >= 11 is 3.05. The number of ether oxygens (including phenoxy) is 1. The molecule has 0 saturated carbocycles. The number of amides is 1. The topological polar surface area (TPSA) is 98.1 Å². The maximum atomic E-state index is 11.3. The lowest BCUT2D eigenvalue weighted by molar-refractivity contribution is 0.0998. The largest absolute Gasteiger partial charge is 0.437 e. The van der Waals surface area contributed by atoms with Gasteiger partial charge in [-0.2, -0.15) is 0 Å². The molecule has 1 aromatic heterocycles. The quantitative estimate of drug-likeness (QED) is 0.896. The monoisotopic (exact) mass is 309 g/mol. The highest BCUT2D eigenvalue weighted by Gasteiger charge is 2.13. The Kier molecular flexibility index (Phi) is 3.42. The van der Waals surface area contributed by atoms with E-state index in [1.165, 1.54) is 12.4 Å². The lowest BCUT2D eigenvalue weighted by Crippen LogP contribution is -2.13. The zero-order chi connectivity index (χ0) is 13.1. The number of primary amides is 1. The number of nitrogens with zero attached hydrogens (tertiary/aromatic N) is 1. The maximum absolute atomic E-state index is 11.3. The van der Waals surface area contributed by atoms with E-state index in [1.807, 2.05) is 0 Å². The predicted molar refractivity (Wildman–Crippen MR) is 67.6 cm³/mol. The van der Waals surface area contributed by atoms with Crippen LogP contribution in [0.5, 0.6) is 11.6 Å². The maximum Gasteiger partial charge on any atom is 0.268 e. The average Bonchev–Trinajstić information content (AvgIpc) is 2.35. The van der Waals surface area contributed by atoms with Crippen LogP contribution in [-0.4, -0.2) is 15.9 Å². The molecule has 2 rings (SSSR count). The lowest BCUT2D eigenvalue weighted by atomic mass is 10.2. The number of H-pyrrole nitrogens is 1. The number of aromatic nitrogens is 2. The summed E-state index contributed by atoms with van der Waals surface area (Å²) in [5, 5.41) is 0. The Labute approximate surface area is 110 Å². The SMILES string of the molecule is NC(=O)c1ccccc1Oc1nc[nH]c(=O)c1Br. The van der Waals surface area contributed by atoms with Crippen molar-refractivity contribution in [3.63, 3.8) is 0 Å². The van der Waals surface area contributed by atoms with Crippen LogP contribution in [0.2, 0.25) is 0 Å². The highest BCUT2D eigenvalue weighted by Crippen LogP contribution is 2.26. The molecule has 0 aliphatic carbocycles. The summed E-state index contributed by atoms with van der Waals surface area (Å²) in [5.74, 6) is -0.317. The number of halogens is 1. The molecule has 0 aliphatic heterocycles. The van der Waals surface area contributed by atoms with Crippen LogP contribution in [0.4, 0.5) is 0 Å². The van der Waals surface area contributed by atoms with E-state index >= 15 is 0 Å². The standard InChI is InChI=1S/C11H8BrN3O3/c12-8-10(17)14-5-15-11(8)18-7-4-2-1-3-6(7)9(13)16/h1-5H,(H2,13,16)(H,14,15,17). The molecule has 0 spiro atoms. The fraction of sp³-hybridized carbons (Fsp3) is 0. The molecular weight excluding hydrogens is 302 g/mol. The Morgan fingerprint density at radius 3 is 2.83 bits per heavy atom. The summed E-state index contributed by atoms with van der Waals surface area (Å²) in [4.78, 5) is 28.8. The van der Waals surface area contributed by atoms with Crippen molar-refractivity contribution in [3.8, 4) is 11.6 Å². The van der Waals surface area contributed by atoms with Crippen molar-refractivity contribution in [2.45, 2.75) is 0 Å². The summed E-state index contributed by atoms with van der Waals surface area (Å²) in [6, 6.07) is 6.43. The second-order valence-corrected chi connectivity index (χ2v) is 4.11. The van der Waals surface area contributed by atoms with Gasteiger partial charge in [-0.25, -0.2) is 4.98 Å². The van der Waals surface area contributed by atoms with E-state index in [4.69, 9.17) is 10.5 Å². The van der Waals surface area contributed by atoms with Gasteiger partial charge in [-0.05, 0) is 28.1 Å². The molecule has 0 unspecified atom stereocenters. The number of hydrogen-bond acceptors (Lipinski definition) is 4. The number of rotatable bonds is 3. The third-order valence-electron chi connectivity index (χ3n) is 2.12. The van der Waals surface area contributed by atoms with Crippen molar-refractivity contribution in [1.29, 1.82) is 0 Å². The van der Waals surface area contributed by atoms with Crippen molar-refractivity contribution < 1.29 is 9.53 Å². The van der Waals surface area contributed by atoms with Crippen LogP contribution in [0.25, 0.3) is 0 Å². The first-order valence-electron chi connectivity index (χ1n) is 4.89. The summed E-state index contributed by atoms with van der Waals surface area (Å²) in [6.07, 6.45) is 1.20. The molecule has 7 heteroatoms. The van der Waals surface area contributed by atoms with Crippen molar-refractivity contribution in [1.82, 2.24) is 9.97 Å². The van der Waals surface area contributed by atoms with Gasteiger partial charge in [0.15, 0.2) is 0 Å². The average molecular weight is 310 g/mol. The smallest absolute Gasteiger partial charge is 0.268 e. The van der Waals surface area contributed by atoms with Gasteiger partial charge in [0.1, 0.15) is 10.2 Å². The molecule has 3 N–H and O–H groups in total. The number of carbonyl (C=O) groups is 1. The molecule has 0 bridgehead atoms. The first-order valence-corrected chi connectivity index (χ1v) is 5.68. The van der Waals surface area contributed by atoms with Gasteiger partial charge in [-0.15, -0.1) is 0 Å². The molecule has 6 nitrogen and oxygen atoms in total. The van der Waals surface area contributed by atoms with Crippen LogP contribution in [0.15, 0.2) is 39.9 Å². The zero-order valence-corrected chi connectivity index (χ0v) is 10.6. The normalized spacial score (nSPS) is 10.1. The molecule has 1 amide bonds. The molecule has 0 aliphatic rings. The zero-order valence-electron chi connectivity index (χ0n) is 9.01. The molecule has 1 heterocycles. The summed E-state index contributed by atoms with van der Waals surface area (Å²) in [7, 11) is 0. The van der Waals surface area contributed by atoms with Gasteiger partial charge in [-0.1, -0.05) is 12.1 Å². The molecule has 2 aromatic rings.